The van der Waals surface area contributed by atoms with Crippen LogP contribution in [0.5, 0.6) is 0 Å². The maximum absolute atomic E-state index is 12.1. The summed E-state index contributed by atoms with van der Waals surface area (Å²) in [6.07, 6.45) is 3.13. The molecule has 0 aromatic heterocycles. The molecule has 2 aliphatic rings. The number of fused-ring (bicyclic) bond motifs is 1. The van der Waals surface area contributed by atoms with Crippen molar-refractivity contribution in [2.24, 2.45) is 4.99 Å². The maximum atomic E-state index is 12.1. The normalized spacial score (nSPS) is 18.8. The van der Waals surface area contributed by atoms with Crippen molar-refractivity contribution < 1.29 is 9.59 Å². The molecule has 0 spiro atoms. The van der Waals surface area contributed by atoms with Crippen LogP contribution >= 0.6 is 24.0 Å². The van der Waals surface area contributed by atoms with Gasteiger partial charge in [-0.1, -0.05) is 18.2 Å². The highest BCUT2D eigenvalue weighted by atomic mass is 127. The summed E-state index contributed by atoms with van der Waals surface area (Å²) in [4.78, 5) is 30.7. The maximum Gasteiger partial charge on any atom is 0.225 e. The number of rotatable bonds is 6. The number of halogens is 1. The molecule has 1 fully saturated rings. The van der Waals surface area contributed by atoms with Crippen LogP contribution < -0.4 is 16.0 Å². The number of nitrogens with one attached hydrogen (secondary N) is 3. The van der Waals surface area contributed by atoms with Crippen molar-refractivity contribution in [3.63, 3.8) is 0 Å². The number of aliphatic imine (C=N–C) groups is 1. The molecule has 28 heavy (non-hydrogen) atoms. The predicted octanol–water partition coefficient (Wildman–Crippen LogP) is 2.30. The molecule has 2 aliphatic heterocycles. The quantitative estimate of drug-likeness (QED) is 0.319. The van der Waals surface area contributed by atoms with Crippen LogP contribution in [0.3, 0.4) is 0 Å². The van der Waals surface area contributed by atoms with Gasteiger partial charge in [0.2, 0.25) is 11.8 Å². The van der Waals surface area contributed by atoms with Crippen LogP contribution in [0.1, 0.15) is 44.1 Å². The Kier molecular flexibility index (Phi) is 9.01. The standard InChI is InChI=1S/C20H29N5O2.HI/c1-2-21-20(22-10-9-19(27)25-11-5-6-12-25)23-14-15-13-18(26)24-17-8-4-3-7-16(15)17;/h3-4,7-8,15H,2,5-6,9-14H2,1H3,(H,24,26)(H2,21,22,23);1H. The lowest BCUT2D eigenvalue weighted by atomic mass is 9.91. The van der Waals surface area contributed by atoms with Crippen molar-refractivity contribution in [3.05, 3.63) is 29.8 Å². The lowest BCUT2D eigenvalue weighted by molar-refractivity contribution is -0.130. The molecule has 1 atom stereocenters. The zero-order valence-corrected chi connectivity index (χ0v) is 18.7. The van der Waals surface area contributed by atoms with E-state index in [1.165, 1.54) is 0 Å². The average molecular weight is 499 g/mol. The molecule has 1 aromatic carbocycles. The summed E-state index contributed by atoms with van der Waals surface area (Å²) < 4.78 is 0. The van der Waals surface area contributed by atoms with Crippen LogP contribution in [0, 0.1) is 0 Å². The summed E-state index contributed by atoms with van der Waals surface area (Å²) in [5.41, 5.74) is 2.00. The largest absolute Gasteiger partial charge is 0.357 e. The molecule has 1 aromatic rings. The van der Waals surface area contributed by atoms with E-state index in [0.29, 0.717) is 31.9 Å². The predicted molar refractivity (Wildman–Crippen MR) is 122 cm³/mol. The zero-order valence-electron chi connectivity index (χ0n) is 16.4. The second-order valence-electron chi connectivity index (χ2n) is 7.02. The minimum Gasteiger partial charge on any atom is -0.357 e. The van der Waals surface area contributed by atoms with Gasteiger partial charge in [0, 0.05) is 50.6 Å². The highest BCUT2D eigenvalue weighted by molar-refractivity contribution is 14.0. The fraction of sp³-hybridized carbons (Fsp3) is 0.550. The Labute approximate surface area is 183 Å². The number of hydrogen-bond acceptors (Lipinski definition) is 3. The van der Waals surface area contributed by atoms with Gasteiger partial charge in [-0.05, 0) is 31.4 Å². The van der Waals surface area contributed by atoms with Gasteiger partial charge in [0.1, 0.15) is 0 Å². The number of benzene rings is 1. The van der Waals surface area contributed by atoms with Crippen molar-refractivity contribution in [3.8, 4) is 0 Å². The molecule has 2 amide bonds. The Morgan fingerprint density at radius 3 is 2.75 bits per heavy atom. The molecule has 3 rings (SSSR count). The van der Waals surface area contributed by atoms with Gasteiger partial charge in [0.05, 0.1) is 6.54 Å². The summed E-state index contributed by atoms with van der Waals surface area (Å²) in [5, 5.41) is 9.37. The number of carbonyl (C=O) groups excluding carboxylic acids is 2. The van der Waals surface area contributed by atoms with Crippen LogP contribution in [0.2, 0.25) is 0 Å². The fourth-order valence-corrected chi connectivity index (χ4v) is 3.62. The van der Waals surface area contributed by atoms with Crippen LogP contribution in [0.25, 0.3) is 0 Å². The Morgan fingerprint density at radius 1 is 1.25 bits per heavy atom. The molecule has 1 unspecified atom stereocenters. The Morgan fingerprint density at radius 2 is 2.00 bits per heavy atom. The molecular weight excluding hydrogens is 469 g/mol. The highest BCUT2D eigenvalue weighted by Gasteiger charge is 2.24. The Balaban J connectivity index is 0.00000280. The van der Waals surface area contributed by atoms with Crippen LogP contribution in [-0.2, 0) is 9.59 Å². The van der Waals surface area contributed by atoms with Gasteiger partial charge in [-0.25, -0.2) is 0 Å². The van der Waals surface area contributed by atoms with E-state index < -0.39 is 0 Å². The van der Waals surface area contributed by atoms with Gasteiger partial charge >= 0.3 is 0 Å². The number of carbonyl (C=O) groups is 2. The fourth-order valence-electron chi connectivity index (χ4n) is 3.62. The highest BCUT2D eigenvalue weighted by Crippen LogP contribution is 2.31. The Bertz CT molecular complexity index is 704. The number of likely N-dealkylation sites (tertiary alicyclic amines) is 1. The molecule has 0 bridgehead atoms. The van der Waals surface area contributed by atoms with Crippen molar-refractivity contribution >= 4 is 47.4 Å². The monoisotopic (exact) mass is 499 g/mol. The smallest absolute Gasteiger partial charge is 0.225 e. The van der Waals surface area contributed by atoms with Gasteiger partial charge in [-0.3, -0.25) is 14.6 Å². The van der Waals surface area contributed by atoms with Gasteiger partial charge < -0.3 is 20.9 Å². The first-order valence-electron chi connectivity index (χ1n) is 9.86. The number of para-hydroxylation sites is 1. The van der Waals surface area contributed by atoms with E-state index in [1.54, 1.807) is 0 Å². The van der Waals surface area contributed by atoms with E-state index in [1.807, 2.05) is 36.1 Å². The van der Waals surface area contributed by atoms with Gasteiger partial charge in [-0.15, -0.1) is 24.0 Å². The van der Waals surface area contributed by atoms with E-state index >= 15 is 0 Å². The van der Waals surface area contributed by atoms with Gasteiger partial charge in [0.25, 0.3) is 0 Å². The van der Waals surface area contributed by atoms with Crippen LogP contribution in [0.4, 0.5) is 5.69 Å². The molecule has 0 saturated carbocycles. The van der Waals surface area contributed by atoms with E-state index in [-0.39, 0.29) is 41.7 Å². The zero-order chi connectivity index (χ0) is 19.1. The molecule has 0 radical (unpaired) electrons. The van der Waals surface area contributed by atoms with Gasteiger partial charge in [0.15, 0.2) is 5.96 Å². The van der Waals surface area contributed by atoms with E-state index in [4.69, 9.17) is 0 Å². The number of anilines is 1. The first-order valence-corrected chi connectivity index (χ1v) is 9.86. The molecule has 1 saturated heterocycles. The number of hydrogen-bond donors (Lipinski definition) is 3. The van der Waals surface area contributed by atoms with E-state index in [9.17, 15) is 9.59 Å². The second kappa shape index (κ2) is 11.2. The molecule has 2 heterocycles. The number of guanidine groups is 1. The first kappa shape index (κ1) is 22.4. The lowest BCUT2D eigenvalue weighted by Crippen LogP contribution is -2.40. The summed E-state index contributed by atoms with van der Waals surface area (Å²) in [5.74, 6) is 0.989. The third kappa shape index (κ3) is 6.08. The van der Waals surface area contributed by atoms with Crippen molar-refractivity contribution in [1.82, 2.24) is 15.5 Å². The third-order valence-corrected chi connectivity index (χ3v) is 5.01. The summed E-state index contributed by atoms with van der Waals surface area (Å²) in [7, 11) is 0. The first-order chi connectivity index (χ1) is 13.2. The van der Waals surface area contributed by atoms with E-state index in [0.717, 1.165) is 43.7 Å². The molecule has 0 aliphatic carbocycles. The Hall–Kier alpha value is -1.84. The lowest BCUT2D eigenvalue weighted by Gasteiger charge is -2.24. The number of nitrogens with zero attached hydrogens (tertiary/aromatic N) is 2. The van der Waals surface area contributed by atoms with Crippen LogP contribution in [0.15, 0.2) is 29.3 Å². The minimum absolute atomic E-state index is 0. The second-order valence-corrected chi connectivity index (χ2v) is 7.02. The molecular formula is C20H30IN5O2. The van der Waals surface area contributed by atoms with Crippen molar-refractivity contribution in [2.75, 3.05) is 38.0 Å². The average Bonchev–Trinajstić information content (AvgIpc) is 3.20. The SMILES string of the molecule is CCNC(=NCC1CC(=O)Nc2ccccc21)NCCC(=O)N1CCCC1.I. The molecule has 3 N–H and O–H groups in total. The van der Waals surface area contributed by atoms with Crippen molar-refractivity contribution in [2.45, 2.75) is 38.5 Å². The van der Waals surface area contributed by atoms with Crippen LogP contribution in [-0.4, -0.2) is 55.4 Å². The van der Waals surface area contributed by atoms with E-state index in [2.05, 4.69) is 20.9 Å². The summed E-state index contributed by atoms with van der Waals surface area (Å²) in [6, 6.07) is 7.88. The summed E-state index contributed by atoms with van der Waals surface area (Å²) >= 11 is 0. The number of amides is 2. The minimum atomic E-state index is 0. The topological polar surface area (TPSA) is 85.8 Å². The molecule has 7 nitrogen and oxygen atoms in total. The molecule has 154 valence electrons. The van der Waals surface area contributed by atoms with Crippen molar-refractivity contribution in [1.29, 1.82) is 0 Å². The third-order valence-electron chi connectivity index (χ3n) is 5.01. The van der Waals surface area contributed by atoms with Gasteiger partial charge in [-0.2, -0.15) is 0 Å². The summed E-state index contributed by atoms with van der Waals surface area (Å²) in [6.45, 7) is 5.61. The molecule has 8 heteroatoms.